The van der Waals surface area contributed by atoms with Crippen LogP contribution in [0.1, 0.15) is 19.8 Å². The van der Waals surface area contributed by atoms with Gasteiger partial charge in [-0.3, -0.25) is 0 Å². The third-order valence-electron chi connectivity index (χ3n) is 3.40. The van der Waals surface area contributed by atoms with Crippen LogP contribution >= 0.6 is 0 Å². The Labute approximate surface area is 116 Å². The fourth-order valence-electron chi connectivity index (χ4n) is 2.47. The number of nitrogens with zero attached hydrogens (tertiary/aromatic N) is 1. The molecule has 1 N–H and O–H groups in total. The van der Waals surface area contributed by atoms with Crippen molar-refractivity contribution in [2.24, 2.45) is 0 Å². The van der Waals surface area contributed by atoms with Crippen LogP contribution < -0.4 is 15.0 Å². The van der Waals surface area contributed by atoms with Gasteiger partial charge in [0.2, 0.25) is 0 Å². The summed E-state index contributed by atoms with van der Waals surface area (Å²) in [6.45, 7) is 4.55. The van der Waals surface area contributed by atoms with E-state index in [0.29, 0.717) is 6.04 Å². The molecule has 0 aliphatic carbocycles. The van der Waals surface area contributed by atoms with E-state index in [2.05, 4.69) is 15.0 Å². The number of ether oxygens (including phenoxy) is 1. The van der Waals surface area contributed by atoms with Gasteiger partial charge in [-0.25, -0.2) is 0 Å². The highest BCUT2D eigenvalue weighted by Crippen LogP contribution is 2.27. The standard InChI is InChI=1S/C14H19F3N2O/c1-2-19(10-11-5-4-8-18-11)12-6-3-7-13(9-12)20-14(15,16)17/h3,6-7,9,11,18H,2,4-5,8,10H2,1H3. The summed E-state index contributed by atoms with van der Waals surface area (Å²) >= 11 is 0. The Morgan fingerprint density at radius 1 is 1.40 bits per heavy atom. The summed E-state index contributed by atoms with van der Waals surface area (Å²) in [6.07, 6.45) is -2.39. The van der Waals surface area contributed by atoms with E-state index in [4.69, 9.17) is 0 Å². The molecular formula is C14H19F3N2O. The van der Waals surface area contributed by atoms with Crippen LogP contribution in [0.2, 0.25) is 0 Å². The van der Waals surface area contributed by atoms with Crippen molar-refractivity contribution < 1.29 is 17.9 Å². The Kier molecular flexibility index (Phi) is 4.75. The molecule has 2 rings (SSSR count). The molecule has 0 amide bonds. The van der Waals surface area contributed by atoms with Crippen molar-refractivity contribution in [2.45, 2.75) is 32.2 Å². The van der Waals surface area contributed by atoms with Crippen molar-refractivity contribution in [3.8, 4) is 5.75 Å². The minimum atomic E-state index is -4.65. The van der Waals surface area contributed by atoms with Crippen LogP contribution in [0.15, 0.2) is 24.3 Å². The van der Waals surface area contributed by atoms with E-state index in [1.165, 1.54) is 12.1 Å². The second-order valence-electron chi connectivity index (χ2n) is 4.88. The first-order valence-corrected chi connectivity index (χ1v) is 6.82. The van der Waals surface area contributed by atoms with Crippen molar-refractivity contribution in [1.29, 1.82) is 0 Å². The van der Waals surface area contributed by atoms with Crippen molar-refractivity contribution >= 4 is 5.69 Å². The van der Waals surface area contributed by atoms with Crippen LogP contribution in [-0.2, 0) is 0 Å². The maximum absolute atomic E-state index is 12.2. The molecule has 1 fully saturated rings. The molecule has 0 aromatic heterocycles. The number of hydrogen-bond acceptors (Lipinski definition) is 3. The van der Waals surface area contributed by atoms with Gasteiger partial charge in [-0.1, -0.05) is 6.07 Å². The van der Waals surface area contributed by atoms with Gasteiger partial charge in [0.1, 0.15) is 5.75 Å². The molecule has 1 aliphatic heterocycles. The Morgan fingerprint density at radius 3 is 2.80 bits per heavy atom. The fourth-order valence-corrected chi connectivity index (χ4v) is 2.47. The van der Waals surface area contributed by atoms with E-state index in [9.17, 15) is 13.2 Å². The fraction of sp³-hybridized carbons (Fsp3) is 0.571. The Hall–Kier alpha value is -1.43. The number of hydrogen-bond donors (Lipinski definition) is 1. The molecule has 0 bridgehead atoms. The van der Waals surface area contributed by atoms with E-state index < -0.39 is 6.36 Å². The van der Waals surface area contributed by atoms with E-state index in [1.54, 1.807) is 6.07 Å². The molecule has 20 heavy (non-hydrogen) atoms. The topological polar surface area (TPSA) is 24.5 Å². The molecule has 1 aromatic carbocycles. The second kappa shape index (κ2) is 6.35. The molecule has 0 spiro atoms. The molecule has 3 nitrogen and oxygen atoms in total. The lowest BCUT2D eigenvalue weighted by atomic mass is 10.2. The quantitative estimate of drug-likeness (QED) is 0.900. The summed E-state index contributed by atoms with van der Waals surface area (Å²) < 4.78 is 40.7. The molecule has 1 aromatic rings. The predicted molar refractivity (Wildman–Crippen MR) is 72.0 cm³/mol. The largest absolute Gasteiger partial charge is 0.573 e. The zero-order valence-electron chi connectivity index (χ0n) is 11.4. The predicted octanol–water partition coefficient (Wildman–Crippen LogP) is 3.16. The number of rotatable bonds is 5. The van der Waals surface area contributed by atoms with Crippen LogP contribution in [0.5, 0.6) is 5.75 Å². The first kappa shape index (κ1) is 15.0. The maximum atomic E-state index is 12.2. The minimum Gasteiger partial charge on any atom is -0.406 e. The SMILES string of the molecule is CCN(CC1CCCN1)c1cccc(OC(F)(F)F)c1. The van der Waals surface area contributed by atoms with Gasteiger partial charge < -0.3 is 15.0 Å². The lowest BCUT2D eigenvalue weighted by molar-refractivity contribution is -0.274. The number of benzene rings is 1. The van der Waals surface area contributed by atoms with Gasteiger partial charge in [0.15, 0.2) is 0 Å². The Balaban J connectivity index is 2.06. The normalized spacial score (nSPS) is 19.1. The second-order valence-corrected chi connectivity index (χ2v) is 4.88. The number of likely N-dealkylation sites (N-methyl/N-ethyl adjacent to an activating group) is 1. The third kappa shape index (κ3) is 4.30. The summed E-state index contributed by atoms with van der Waals surface area (Å²) in [5, 5.41) is 3.39. The Morgan fingerprint density at radius 2 is 2.20 bits per heavy atom. The van der Waals surface area contributed by atoms with Crippen molar-refractivity contribution in [3.05, 3.63) is 24.3 Å². The molecule has 112 valence electrons. The Bertz CT molecular complexity index is 431. The van der Waals surface area contributed by atoms with Crippen molar-refractivity contribution in [2.75, 3.05) is 24.5 Å². The first-order chi connectivity index (χ1) is 9.48. The van der Waals surface area contributed by atoms with Gasteiger partial charge in [-0.05, 0) is 38.4 Å². The van der Waals surface area contributed by atoms with E-state index in [0.717, 1.165) is 38.2 Å². The molecule has 1 unspecified atom stereocenters. The molecule has 1 saturated heterocycles. The summed E-state index contributed by atoms with van der Waals surface area (Å²) in [6, 6.07) is 6.55. The minimum absolute atomic E-state index is 0.173. The lowest BCUT2D eigenvalue weighted by Crippen LogP contribution is -2.37. The molecule has 6 heteroatoms. The van der Waals surface area contributed by atoms with Gasteiger partial charge in [0, 0.05) is 30.9 Å². The van der Waals surface area contributed by atoms with Gasteiger partial charge in [0.25, 0.3) is 0 Å². The van der Waals surface area contributed by atoms with Gasteiger partial charge in [-0.2, -0.15) is 0 Å². The van der Waals surface area contributed by atoms with Crippen LogP contribution in [0.25, 0.3) is 0 Å². The molecular weight excluding hydrogens is 269 g/mol. The number of halogens is 3. The zero-order valence-corrected chi connectivity index (χ0v) is 11.4. The van der Waals surface area contributed by atoms with Crippen molar-refractivity contribution in [1.82, 2.24) is 5.32 Å². The van der Waals surface area contributed by atoms with Gasteiger partial charge in [-0.15, -0.1) is 13.2 Å². The first-order valence-electron chi connectivity index (χ1n) is 6.82. The molecule has 0 radical (unpaired) electrons. The highest BCUT2D eigenvalue weighted by Gasteiger charge is 2.31. The lowest BCUT2D eigenvalue weighted by Gasteiger charge is -2.27. The average molecular weight is 288 g/mol. The van der Waals surface area contributed by atoms with Gasteiger partial charge in [0.05, 0.1) is 0 Å². The van der Waals surface area contributed by atoms with Crippen molar-refractivity contribution in [3.63, 3.8) is 0 Å². The van der Waals surface area contributed by atoms with E-state index in [-0.39, 0.29) is 5.75 Å². The maximum Gasteiger partial charge on any atom is 0.573 e. The number of nitrogens with one attached hydrogen (secondary N) is 1. The average Bonchev–Trinajstić information content (AvgIpc) is 2.87. The summed E-state index contributed by atoms with van der Waals surface area (Å²) in [4.78, 5) is 2.06. The molecule has 0 saturated carbocycles. The summed E-state index contributed by atoms with van der Waals surface area (Å²) in [7, 11) is 0. The summed E-state index contributed by atoms with van der Waals surface area (Å²) in [5.41, 5.74) is 0.753. The monoisotopic (exact) mass is 288 g/mol. The van der Waals surface area contributed by atoms with E-state index >= 15 is 0 Å². The summed E-state index contributed by atoms with van der Waals surface area (Å²) in [5.74, 6) is -0.173. The van der Waals surface area contributed by atoms with Crippen LogP contribution in [0.3, 0.4) is 0 Å². The van der Waals surface area contributed by atoms with Crippen LogP contribution in [0.4, 0.5) is 18.9 Å². The highest BCUT2D eigenvalue weighted by atomic mass is 19.4. The van der Waals surface area contributed by atoms with E-state index in [1.807, 2.05) is 13.0 Å². The highest BCUT2D eigenvalue weighted by molar-refractivity contribution is 5.50. The van der Waals surface area contributed by atoms with Crippen LogP contribution in [0, 0.1) is 0 Å². The molecule has 1 atom stereocenters. The molecule has 1 aliphatic rings. The van der Waals surface area contributed by atoms with Gasteiger partial charge >= 0.3 is 6.36 Å². The molecule has 1 heterocycles. The third-order valence-corrected chi connectivity index (χ3v) is 3.40. The number of alkyl halides is 3. The van der Waals surface area contributed by atoms with Crippen LogP contribution in [-0.4, -0.2) is 32.0 Å². The number of anilines is 1. The zero-order chi connectivity index (χ0) is 14.6. The smallest absolute Gasteiger partial charge is 0.406 e.